The Bertz CT molecular complexity index is 206. The van der Waals surface area contributed by atoms with E-state index in [2.05, 4.69) is 11.4 Å². The molecule has 0 aromatic carbocycles. The van der Waals surface area contributed by atoms with E-state index in [9.17, 15) is 4.79 Å². The molecule has 0 saturated heterocycles. The van der Waals surface area contributed by atoms with Crippen molar-refractivity contribution in [1.29, 1.82) is 0 Å². The fraction of sp³-hybridized carbons (Fsp3) is 0.250. The summed E-state index contributed by atoms with van der Waals surface area (Å²) in [5, 5.41) is 2.68. The van der Waals surface area contributed by atoms with E-state index in [4.69, 9.17) is 0 Å². The van der Waals surface area contributed by atoms with Gasteiger partial charge in [0.25, 0.3) is 0 Å². The molecule has 0 atom stereocenters. The summed E-state index contributed by atoms with van der Waals surface area (Å²) in [6, 6.07) is 0. The number of rotatable bonds is 3. The van der Waals surface area contributed by atoms with Gasteiger partial charge in [-0.25, -0.2) is 0 Å². The topological polar surface area (TPSA) is 29.1 Å². The number of carbonyl (C=O) groups excluding carboxylic acids is 1. The van der Waals surface area contributed by atoms with Gasteiger partial charge in [-0.15, -0.1) is 0 Å². The molecule has 3 heteroatoms. The van der Waals surface area contributed by atoms with Crippen molar-refractivity contribution in [2.75, 3.05) is 0 Å². The van der Waals surface area contributed by atoms with Crippen LogP contribution in [0.2, 0.25) is 0 Å². The molecule has 0 spiro atoms. The molecule has 2 nitrogen and oxygen atoms in total. The van der Waals surface area contributed by atoms with E-state index in [1.54, 1.807) is 6.08 Å². The van der Waals surface area contributed by atoms with Crippen molar-refractivity contribution in [1.82, 2.24) is 5.32 Å². The van der Waals surface area contributed by atoms with Crippen LogP contribution in [0.25, 0.3) is 0 Å². The van der Waals surface area contributed by atoms with E-state index in [0.717, 1.165) is 5.70 Å². The Morgan fingerprint density at radius 2 is 2.27 bits per heavy atom. The average molecular weight is 320 g/mol. The third-order valence-corrected chi connectivity index (χ3v) is 1.79. The van der Waals surface area contributed by atoms with Gasteiger partial charge in [0, 0.05) is 0 Å². The van der Waals surface area contributed by atoms with Crippen molar-refractivity contribution in [2.24, 2.45) is 0 Å². The second-order valence-corrected chi connectivity index (χ2v) is 2.72. The van der Waals surface area contributed by atoms with E-state index in [1.165, 1.54) is 26.3 Å². The Hall–Kier alpha value is -0.492. The molecule has 0 radical (unpaired) electrons. The Morgan fingerprint density at radius 3 is 2.64 bits per heavy atom. The van der Waals surface area contributed by atoms with Crippen molar-refractivity contribution >= 4 is 10.3 Å². The van der Waals surface area contributed by atoms with E-state index >= 15 is 0 Å². The molecule has 0 fully saturated rings. The summed E-state index contributed by atoms with van der Waals surface area (Å²) in [6.07, 6.45) is 6.42. The fourth-order valence-electron chi connectivity index (χ4n) is 0.487. The van der Waals surface area contributed by atoms with Gasteiger partial charge in [-0.3, -0.25) is 0 Å². The first-order valence-corrected chi connectivity index (χ1v) is 4.83. The third kappa shape index (κ3) is 5.93. The van der Waals surface area contributed by atoms with Gasteiger partial charge < -0.3 is 0 Å². The van der Waals surface area contributed by atoms with Crippen molar-refractivity contribution < 1.29 is 24.1 Å². The van der Waals surface area contributed by atoms with Crippen LogP contribution in [0, 0.1) is 6.08 Å². The zero-order chi connectivity index (χ0) is 8.69. The first-order chi connectivity index (χ1) is 5.20. The number of amides is 1. The van der Waals surface area contributed by atoms with Crippen LogP contribution >= 0.6 is 0 Å². The molecule has 0 aliphatic rings. The van der Waals surface area contributed by atoms with Gasteiger partial charge in [-0.1, -0.05) is 0 Å². The number of carbonyl (C=O) groups is 1. The summed E-state index contributed by atoms with van der Waals surface area (Å²) in [6.45, 7) is 3.30. The quantitative estimate of drug-likeness (QED) is 0.603. The van der Waals surface area contributed by atoms with Crippen LogP contribution in [0.1, 0.15) is 13.8 Å². The number of allylic oxidation sites excluding steroid dienone is 4. The summed E-state index contributed by atoms with van der Waals surface area (Å²) in [5.41, 5.74) is 0.835. The number of hydrogen-bond donors (Lipinski definition) is 1. The maximum atomic E-state index is 10.6. The van der Waals surface area contributed by atoms with Gasteiger partial charge in [0.15, 0.2) is 0 Å². The van der Waals surface area contributed by atoms with Gasteiger partial charge in [-0.2, -0.15) is 0 Å². The Balaban J connectivity index is 4.15. The zero-order valence-corrected chi connectivity index (χ0v) is 9.48. The van der Waals surface area contributed by atoms with Gasteiger partial charge in [0.1, 0.15) is 0 Å². The molecule has 0 heterocycles. The molecule has 0 bridgehead atoms. The molecule has 0 aliphatic heterocycles. The molecule has 60 valence electrons. The van der Waals surface area contributed by atoms with Crippen LogP contribution in [0.3, 0.4) is 0 Å². The molecule has 0 aromatic rings. The van der Waals surface area contributed by atoms with E-state index in [0.29, 0.717) is 0 Å². The van der Waals surface area contributed by atoms with E-state index < -0.39 is 0 Å². The molecule has 0 aromatic heterocycles. The zero-order valence-electron chi connectivity index (χ0n) is 6.55. The monoisotopic (exact) mass is 320 g/mol. The van der Waals surface area contributed by atoms with Gasteiger partial charge in [-0.05, 0) is 0 Å². The number of nitrogens with one attached hydrogen (secondary N) is 1. The minimum atomic E-state index is -0.0433. The standard InChI is InChI=1S/C8H10NO.W/c1-4-5-6-7(2)9-8(3)10;/h2,5-6H,1,3H3,(H,9,10);/q-1;/b7-6+;. The van der Waals surface area contributed by atoms with Gasteiger partial charge in [0.2, 0.25) is 0 Å². The van der Waals surface area contributed by atoms with Crippen LogP contribution in [-0.4, -0.2) is 10.3 Å². The molecule has 0 saturated carbocycles. The molecular weight excluding hydrogens is 310 g/mol. The van der Waals surface area contributed by atoms with E-state index in [-0.39, 0.29) is 5.91 Å². The van der Waals surface area contributed by atoms with Crippen molar-refractivity contribution in [3.8, 4) is 0 Å². The second-order valence-electron chi connectivity index (χ2n) is 1.88. The molecule has 1 amide bonds. The summed E-state index contributed by atoms with van der Waals surface area (Å²) < 4.78 is 1.91. The predicted octanol–water partition coefficient (Wildman–Crippen LogP) is 0.735. The molecule has 1 N–H and O–H groups in total. The Morgan fingerprint density at radius 1 is 1.64 bits per heavy atom. The molecule has 0 aliphatic carbocycles. The van der Waals surface area contributed by atoms with Crippen molar-refractivity contribution in [2.45, 2.75) is 13.8 Å². The first-order valence-electron chi connectivity index (χ1n) is 3.14. The van der Waals surface area contributed by atoms with Crippen LogP contribution in [-0.2, 0) is 24.1 Å². The minimum absolute atomic E-state index is 0.0433. The Kier molecular flexibility index (Phi) is 5.95. The van der Waals surface area contributed by atoms with Crippen molar-refractivity contribution in [3.63, 3.8) is 0 Å². The van der Waals surface area contributed by atoms with Crippen LogP contribution in [0.4, 0.5) is 0 Å². The third-order valence-electron chi connectivity index (χ3n) is 0.877. The molecule has 0 unspecified atom stereocenters. The Labute approximate surface area is 77.8 Å². The molecule has 0 rings (SSSR count). The predicted molar refractivity (Wildman–Crippen MR) is 41.5 cm³/mol. The molecule has 11 heavy (non-hydrogen) atoms. The van der Waals surface area contributed by atoms with Crippen LogP contribution in [0.5, 0.6) is 0 Å². The first kappa shape index (κ1) is 10.5. The summed E-state index contributed by atoms with van der Waals surface area (Å²) in [7, 11) is 0. The number of hydrogen-bond acceptors (Lipinski definition) is 1. The molecular formula is C8H10NOW-. The second kappa shape index (κ2) is 6.23. The van der Waals surface area contributed by atoms with Crippen molar-refractivity contribution in [3.05, 3.63) is 23.9 Å². The normalized spacial score (nSPS) is 11.6. The summed E-state index contributed by atoms with van der Waals surface area (Å²) in [4.78, 5) is 10.6. The van der Waals surface area contributed by atoms with Gasteiger partial charge >= 0.3 is 77.5 Å². The fourth-order valence-corrected chi connectivity index (χ4v) is 0.981. The van der Waals surface area contributed by atoms with E-state index in [1.807, 2.05) is 17.4 Å². The summed E-state index contributed by atoms with van der Waals surface area (Å²) >= 11 is 1.31. The van der Waals surface area contributed by atoms with Gasteiger partial charge in [0.05, 0.1) is 0 Å². The van der Waals surface area contributed by atoms with Crippen LogP contribution in [0.15, 0.2) is 17.8 Å². The van der Waals surface area contributed by atoms with Crippen LogP contribution < -0.4 is 5.32 Å². The average Bonchev–Trinajstić information content (AvgIpc) is 1.97. The summed E-state index contributed by atoms with van der Waals surface area (Å²) in [5.74, 6) is -0.0433. The SMILES string of the molecule is C[C-]=C/C=C(\[CH]=[W])NC(C)=O. The maximum absolute atomic E-state index is 10.6.